The van der Waals surface area contributed by atoms with Gasteiger partial charge in [-0.15, -0.1) is 0 Å². The van der Waals surface area contributed by atoms with Crippen molar-refractivity contribution in [2.24, 2.45) is 0 Å². The summed E-state index contributed by atoms with van der Waals surface area (Å²) in [5, 5.41) is 5.85. The molecule has 0 aromatic carbocycles. The number of nitrogens with two attached hydrogens (primary N) is 1. The van der Waals surface area contributed by atoms with Crippen LogP contribution in [0.2, 0.25) is 0 Å². The second kappa shape index (κ2) is 5.67. The Kier molecular flexibility index (Phi) is 4.50. The van der Waals surface area contributed by atoms with Crippen molar-refractivity contribution in [3.63, 3.8) is 0 Å². The molecule has 4 N–H and O–H groups in total. The van der Waals surface area contributed by atoms with Gasteiger partial charge in [0, 0.05) is 25.9 Å². The Balaban J connectivity index is 2.49. The normalized spacial score (nSPS) is 11.2. The Morgan fingerprint density at radius 1 is 1.35 bits per heavy atom. The van der Waals surface area contributed by atoms with Crippen LogP contribution < -0.4 is 16.4 Å². The summed E-state index contributed by atoms with van der Waals surface area (Å²) in [6, 6.07) is 1.71. The summed E-state index contributed by atoms with van der Waals surface area (Å²) in [7, 11) is -1.18. The highest BCUT2D eigenvalue weighted by molar-refractivity contribution is 7.90. The zero-order valence-corrected chi connectivity index (χ0v) is 10.7. The third-order valence-electron chi connectivity index (χ3n) is 2.00. The molecule has 1 aromatic rings. The molecule has 8 heteroatoms. The van der Waals surface area contributed by atoms with Crippen molar-refractivity contribution in [3.05, 3.63) is 6.07 Å². The first-order chi connectivity index (χ1) is 7.90. The van der Waals surface area contributed by atoms with E-state index in [1.165, 1.54) is 6.26 Å². The molecule has 1 rings (SSSR count). The number of rotatable bonds is 6. The summed E-state index contributed by atoms with van der Waals surface area (Å²) in [4.78, 5) is 7.92. The van der Waals surface area contributed by atoms with Crippen LogP contribution in [0.5, 0.6) is 0 Å². The second-order valence-electron chi connectivity index (χ2n) is 3.66. The Morgan fingerprint density at radius 3 is 2.59 bits per heavy atom. The maximum absolute atomic E-state index is 10.9. The van der Waals surface area contributed by atoms with E-state index in [-0.39, 0.29) is 11.7 Å². The van der Waals surface area contributed by atoms with Gasteiger partial charge in [-0.3, -0.25) is 0 Å². The van der Waals surface area contributed by atoms with Gasteiger partial charge in [0.05, 0.1) is 5.75 Å². The molecular weight excluding hydrogens is 242 g/mol. The predicted octanol–water partition coefficient (Wildman–Crippen LogP) is -0.0529. The molecule has 7 nitrogen and oxygen atoms in total. The minimum absolute atomic E-state index is 0.152. The Labute approximate surface area is 101 Å². The third kappa shape index (κ3) is 5.34. The quantitative estimate of drug-likeness (QED) is 0.614. The fourth-order valence-electron chi connectivity index (χ4n) is 1.24. The fraction of sp³-hybridized carbons (Fsp3) is 0.556. The fourth-order valence-corrected chi connectivity index (χ4v) is 1.90. The van der Waals surface area contributed by atoms with E-state index < -0.39 is 9.84 Å². The molecule has 0 amide bonds. The first-order valence-corrected chi connectivity index (χ1v) is 7.20. The molecule has 0 fully saturated rings. The van der Waals surface area contributed by atoms with Gasteiger partial charge in [0.25, 0.3) is 0 Å². The molecule has 0 radical (unpaired) electrons. The summed E-state index contributed by atoms with van der Waals surface area (Å²) in [5.41, 5.74) is 5.51. The van der Waals surface area contributed by atoms with E-state index in [2.05, 4.69) is 20.6 Å². The van der Waals surface area contributed by atoms with Crippen LogP contribution >= 0.6 is 0 Å². The van der Waals surface area contributed by atoms with E-state index in [1.807, 2.05) is 0 Å². The molecule has 0 aliphatic heterocycles. The van der Waals surface area contributed by atoms with Crippen LogP contribution in [-0.2, 0) is 9.84 Å². The minimum atomic E-state index is -2.91. The molecule has 0 bridgehead atoms. The summed E-state index contributed by atoms with van der Waals surface area (Å²) in [6.45, 7) is 0.521. The van der Waals surface area contributed by atoms with Crippen molar-refractivity contribution in [2.75, 3.05) is 42.0 Å². The van der Waals surface area contributed by atoms with Crippen LogP contribution in [0.4, 0.5) is 17.6 Å². The monoisotopic (exact) mass is 259 g/mol. The largest absolute Gasteiger partial charge is 0.373 e. The van der Waals surface area contributed by atoms with Crippen LogP contribution in [0.3, 0.4) is 0 Å². The number of hydrogen-bond acceptors (Lipinski definition) is 7. The molecule has 0 saturated carbocycles. The van der Waals surface area contributed by atoms with E-state index in [0.717, 1.165) is 0 Å². The van der Waals surface area contributed by atoms with Crippen molar-refractivity contribution in [3.8, 4) is 0 Å². The highest BCUT2D eigenvalue weighted by Crippen LogP contribution is 2.11. The smallest absolute Gasteiger partial charge is 0.223 e. The van der Waals surface area contributed by atoms with Crippen LogP contribution in [0.15, 0.2) is 6.07 Å². The maximum Gasteiger partial charge on any atom is 0.223 e. The lowest BCUT2D eigenvalue weighted by Crippen LogP contribution is -2.11. The minimum Gasteiger partial charge on any atom is -0.373 e. The molecule has 0 aliphatic rings. The number of hydrogen-bond donors (Lipinski definition) is 3. The van der Waals surface area contributed by atoms with Crippen LogP contribution in [0.1, 0.15) is 6.42 Å². The van der Waals surface area contributed by atoms with E-state index in [0.29, 0.717) is 24.6 Å². The lowest BCUT2D eigenvalue weighted by Gasteiger charge is -2.07. The zero-order valence-electron chi connectivity index (χ0n) is 9.90. The highest BCUT2D eigenvalue weighted by Gasteiger charge is 2.03. The topological polar surface area (TPSA) is 110 Å². The van der Waals surface area contributed by atoms with Gasteiger partial charge in [-0.05, 0) is 6.42 Å². The SMILES string of the molecule is CNc1cc(NCCCS(C)(=O)=O)nc(N)n1. The van der Waals surface area contributed by atoms with Crippen molar-refractivity contribution >= 4 is 27.4 Å². The van der Waals surface area contributed by atoms with Gasteiger partial charge in [0.15, 0.2) is 0 Å². The second-order valence-corrected chi connectivity index (χ2v) is 5.92. The molecule has 1 aromatic heterocycles. The van der Waals surface area contributed by atoms with E-state index in [4.69, 9.17) is 5.73 Å². The Bertz CT molecular complexity index is 474. The van der Waals surface area contributed by atoms with Crippen LogP contribution in [0, 0.1) is 0 Å². The number of nitrogens with zero attached hydrogens (tertiary/aromatic N) is 2. The first kappa shape index (κ1) is 13.5. The van der Waals surface area contributed by atoms with Crippen molar-refractivity contribution in [1.82, 2.24) is 9.97 Å². The molecule has 96 valence electrons. The zero-order chi connectivity index (χ0) is 12.9. The summed E-state index contributed by atoms with van der Waals surface area (Å²) in [6.07, 6.45) is 1.74. The number of sulfone groups is 1. The summed E-state index contributed by atoms with van der Waals surface area (Å²) >= 11 is 0. The van der Waals surface area contributed by atoms with Gasteiger partial charge in [-0.25, -0.2) is 8.42 Å². The van der Waals surface area contributed by atoms with Crippen molar-refractivity contribution in [2.45, 2.75) is 6.42 Å². The van der Waals surface area contributed by atoms with Crippen molar-refractivity contribution < 1.29 is 8.42 Å². The molecule has 0 atom stereocenters. The van der Waals surface area contributed by atoms with Gasteiger partial charge >= 0.3 is 0 Å². The van der Waals surface area contributed by atoms with Gasteiger partial charge in [0.1, 0.15) is 21.5 Å². The van der Waals surface area contributed by atoms with E-state index in [1.54, 1.807) is 13.1 Å². The van der Waals surface area contributed by atoms with E-state index >= 15 is 0 Å². The Hall–Kier alpha value is -1.57. The summed E-state index contributed by atoms with van der Waals surface area (Å²) < 4.78 is 21.8. The molecule has 0 spiro atoms. The van der Waals surface area contributed by atoms with Gasteiger partial charge in [-0.2, -0.15) is 9.97 Å². The molecule has 0 unspecified atom stereocenters. The molecular formula is C9H17N5O2S. The van der Waals surface area contributed by atoms with Gasteiger partial charge < -0.3 is 16.4 Å². The molecule has 17 heavy (non-hydrogen) atoms. The van der Waals surface area contributed by atoms with Crippen LogP contribution in [-0.4, -0.2) is 44.0 Å². The van der Waals surface area contributed by atoms with Crippen molar-refractivity contribution in [1.29, 1.82) is 0 Å². The lowest BCUT2D eigenvalue weighted by molar-refractivity contribution is 0.600. The average molecular weight is 259 g/mol. The lowest BCUT2D eigenvalue weighted by atomic mass is 10.4. The van der Waals surface area contributed by atoms with E-state index in [9.17, 15) is 8.42 Å². The number of nitrogen functional groups attached to an aromatic ring is 1. The van der Waals surface area contributed by atoms with Gasteiger partial charge in [-0.1, -0.05) is 0 Å². The van der Waals surface area contributed by atoms with Crippen LogP contribution in [0.25, 0.3) is 0 Å². The van der Waals surface area contributed by atoms with Gasteiger partial charge in [0.2, 0.25) is 5.95 Å². The average Bonchev–Trinajstić information content (AvgIpc) is 2.22. The number of aromatic nitrogens is 2. The molecule has 0 saturated heterocycles. The summed E-state index contributed by atoms with van der Waals surface area (Å²) in [5.74, 6) is 1.51. The standard InChI is InChI=1S/C9H17N5O2S/c1-11-7-6-8(14-9(10)13-7)12-4-3-5-17(2,15)16/h6H,3-5H2,1-2H3,(H4,10,11,12,13,14). The highest BCUT2D eigenvalue weighted by atomic mass is 32.2. The molecule has 0 aliphatic carbocycles. The first-order valence-electron chi connectivity index (χ1n) is 5.14. The number of anilines is 3. The predicted molar refractivity (Wildman–Crippen MR) is 68.8 cm³/mol. The number of nitrogens with one attached hydrogen (secondary N) is 2. The third-order valence-corrected chi connectivity index (χ3v) is 3.03. The Morgan fingerprint density at radius 2 is 2.00 bits per heavy atom. The molecule has 1 heterocycles. The maximum atomic E-state index is 10.9.